The van der Waals surface area contributed by atoms with Crippen LogP contribution in [0.5, 0.6) is 0 Å². The summed E-state index contributed by atoms with van der Waals surface area (Å²) in [6.07, 6.45) is 2.09. The summed E-state index contributed by atoms with van der Waals surface area (Å²) >= 11 is 6.62. The predicted molar refractivity (Wildman–Crippen MR) is 76.7 cm³/mol. The first-order chi connectivity index (χ1) is 8.58. The SMILES string of the molecule is NC(Cc1ccc(Br)cc1F)c1ncccc1Br. The number of hydrogen-bond acceptors (Lipinski definition) is 2. The van der Waals surface area contributed by atoms with E-state index in [4.69, 9.17) is 5.73 Å². The summed E-state index contributed by atoms with van der Waals surface area (Å²) in [4.78, 5) is 4.22. The zero-order valence-corrected chi connectivity index (χ0v) is 12.6. The Balaban J connectivity index is 2.21. The van der Waals surface area contributed by atoms with Crippen molar-refractivity contribution in [2.45, 2.75) is 12.5 Å². The van der Waals surface area contributed by atoms with E-state index in [1.807, 2.05) is 12.1 Å². The molecular formula is C13H11Br2FN2. The van der Waals surface area contributed by atoms with Crippen LogP contribution in [0.3, 0.4) is 0 Å². The number of rotatable bonds is 3. The van der Waals surface area contributed by atoms with Crippen molar-refractivity contribution in [3.63, 3.8) is 0 Å². The fourth-order valence-corrected chi connectivity index (χ4v) is 2.57. The zero-order chi connectivity index (χ0) is 13.1. The summed E-state index contributed by atoms with van der Waals surface area (Å²) in [6, 6.07) is 8.33. The lowest BCUT2D eigenvalue weighted by molar-refractivity contribution is 0.588. The standard InChI is InChI=1S/C13H11Br2FN2/c14-9-4-3-8(11(16)7-9)6-12(17)13-10(15)2-1-5-18-13/h1-5,7,12H,6,17H2. The molecular weight excluding hydrogens is 363 g/mol. The van der Waals surface area contributed by atoms with Gasteiger partial charge in [0.1, 0.15) is 5.82 Å². The molecule has 0 saturated carbocycles. The smallest absolute Gasteiger partial charge is 0.127 e. The van der Waals surface area contributed by atoms with Gasteiger partial charge in [-0.05, 0) is 52.2 Å². The summed E-state index contributed by atoms with van der Waals surface area (Å²) in [5, 5.41) is 0. The molecule has 0 amide bonds. The summed E-state index contributed by atoms with van der Waals surface area (Å²) in [5.74, 6) is -0.258. The molecule has 1 aromatic heterocycles. The molecule has 0 fully saturated rings. The van der Waals surface area contributed by atoms with E-state index in [-0.39, 0.29) is 11.9 Å². The van der Waals surface area contributed by atoms with E-state index in [0.29, 0.717) is 12.0 Å². The number of pyridine rings is 1. The van der Waals surface area contributed by atoms with Gasteiger partial charge >= 0.3 is 0 Å². The van der Waals surface area contributed by atoms with Gasteiger partial charge in [0.15, 0.2) is 0 Å². The molecule has 1 unspecified atom stereocenters. The Morgan fingerprint density at radius 1 is 1.28 bits per heavy atom. The summed E-state index contributed by atoms with van der Waals surface area (Å²) in [7, 11) is 0. The lowest BCUT2D eigenvalue weighted by Crippen LogP contribution is -2.16. The number of aromatic nitrogens is 1. The molecule has 0 radical (unpaired) electrons. The Morgan fingerprint density at radius 3 is 2.72 bits per heavy atom. The highest BCUT2D eigenvalue weighted by Crippen LogP contribution is 2.24. The molecule has 0 aliphatic carbocycles. The van der Waals surface area contributed by atoms with Crippen molar-refractivity contribution in [2.24, 2.45) is 5.73 Å². The van der Waals surface area contributed by atoms with Crippen LogP contribution in [0.25, 0.3) is 0 Å². The Morgan fingerprint density at radius 2 is 2.06 bits per heavy atom. The van der Waals surface area contributed by atoms with Crippen molar-refractivity contribution in [1.29, 1.82) is 0 Å². The summed E-state index contributed by atoms with van der Waals surface area (Å²) in [6.45, 7) is 0. The van der Waals surface area contributed by atoms with Crippen molar-refractivity contribution < 1.29 is 4.39 Å². The van der Waals surface area contributed by atoms with Crippen LogP contribution in [0.2, 0.25) is 0 Å². The molecule has 94 valence electrons. The minimum atomic E-state index is -0.337. The molecule has 2 aromatic rings. The topological polar surface area (TPSA) is 38.9 Å². The number of benzene rings is 1. The molecule has 18 heavy (non-hydrogen) atoms. The van der Waals surface area contributed by atoms with Crippen LogP contribution in [-0.4, -0.2) is 4.98 Å². The lowest BCUT2D eigenvalue weighted by atomic mass is 10.0. The van der Waals surface area contributed by atoms with Crippen molar-refractivity contribution in [3.8, 4) is 0 Å². The van der Waals surface area contributed by atoms with Crippen molar-refractivity contribution >= 4 is 31.9 Å². The first kappa shape index (κ1) is 13.6. The highest BCUT2D eigenvalue weighted by Gasteiger charge is 2.14. The maximum Gasteiger partial charge on any atom is 0.127 e. The van der Waals surface area contributed by atoms with Crippen LogP contribution in [0, 0.1) is 5.82 Å². The first-order valence-corrected chi connectivity index (χ1v) is 6.96. The highest BCUT2D eigenvalue weighted by molar-refractivity contribution is 9.10. The second-order valence-electron chi connectivity index (χ2n) is 3.92. The molecule has 0 bridgehead atoms. The molecule has 0 saturated heterocycles. The van der Waals surface area contributed by atoms with Gasteiger partial charge in [0.05, 0.1) is 11.7 Å². The largest absolute Gasteiger partial charge is 0.322 e. The zero-order valence-electron chi connectivity index (χ0n) is 9.41. The number of hydrogen-bond donors (Lipinski definition) is 1. The number of halogens is 3. The van der Waals surface area contributed by atoms with Gasteiger partial charge in [-0.25, -0.2) is 4.39 Å². The molecule has 1 atom stereocenters. The molecule has 2 rings (SSSR count). The molecule has 0 aliphatic rings. The molecule has 2 N–H and O–H groups in total. The number of nitrogens with zero attached hydrogens (tertiary/aromatic N) is 1. The van der Waals surface area contributed by atoms with Crippen molar-refractivity contribution in [1.82, 2.24) is 4.98 Å². The summed E-state index contributed by atoms with van der Waals surface area (Å²) < 4.78 is 15.3. The maximum absolute atomic E-state index is 13.7. The molecule has 5 heteroatoms. The van der Waals surface area contributed by atoms with Gasteiger partial charge in [-0.2, -0.15) is 0 Å². The van der Waals surface area contributed by atoms with Crippen LogP contribution in [-0.2, 0) is 6.42 Å². The van der Waals surface area contributed by atoms with Crippen molar-refractivity contribution in [2.75, 3.05) is 0 Å². The van der Waals surface area contributed by atoms with Gasteiger partial charge in [-0.3, -0.25) is 4.98 Å². The van der Waals surface area contributed by atoms with E-state index in [1.165, 1.54) is 6.07 Å². The van der Waals surface area contributed by atoms with Crippen LogP contribution in [0.1, 0.15) is 17.3 Å². The van der Waals surface area contributed by atoms with Gasteiger partial charge in [0.25, 0.3) is 0 Å². The van der Waals surface area contributed by atoms with Gasteiger partial charge < -0.3 is 5.73 Å². The third-order valence-electron chi connectivity index (χ3n) is 2.59. The Bertz CT molecular complexity index is 560. The second kappa shape index (κ2) is 5.91. The third kappa shape index (κ3) is 3.16. The Hall–Kier alpha value is -0.780. The normalized spacial score (nSPS) is 12.4. The summed E-state index contributed by atoms with van der Waals surface area (Å²) in [5.41, 5.74) is 7.39. The van der Waals surface area contributed by atoms with E-state index in [1.54, 1.807) is 18.3 Å². The molecule has 1 heterocycles. The highest BCUT2D eigenvalue weighted by atomic mass is 79.9. The first-order valence-electron chi connectivity index (χ1n) is 5.38. The van der Waals surface area contributed by atoms with Crippen LogP contribution in [0.15, 0.2) is 45.5 Å². The fraction of sp³-hybridized carbons (Fsp3) is 0.154. The van der Waals surface area contributed by atoms with Crippen LogP contribution < -0.4 is 5.73 Å². The van der Waals surface area contributed by atoms with E-state index in [9.17, 15) is 4.39 Å². The molecule has 2 nitrogen and oxygen atoms in total. The third-order valence-corrected chi connectivity index (χ3v) is 3.76. The van der Waals surface area contributed by atoms with Gasteiger partial charge in [-0.15, -0.1) is 0 Å². The molecule has 0 spiro atoms. The molecule has 0 aliphatic heterocycles. The van der Waals surface area contributed by atoms with Crippen LogP contribution in [0.4, 0.5) is 4.39 Å². The van der Waals surface area contributed by atoms with E-state index >= 15 is 0 Å². The van der Waals surface area contributed by atoms with Crippen LogP contribution >= 0.6 is 31.9 Å². The van der Waals surface area contributed by atoms with Crippen molar-refractivity contribution in [3.05, 3.63) is 62.5 Å². The average Bonchev–Trinajstić information content (AvgIpc) is 2.33. The van der Waals surface area contributed by atoms with E-state index < -0.39 is 0 Å². The van der Waals surface area contributed by atoms with Gasteiger partial charge in [-0.1, -0.05) is 22.0 Å². The maximum atomic E-state index is 13.7. The quantitative estimate of drug-likeness (QED) is 0.883. The van der Waals surface area contributed by atoms with E-state index in [0.717, 1.165) is 14.6 Å². The Labute approximate surface area is 122 Å². The lowest BCUT2D eigenvalue weighted by Gasteiger charge is -2.13. The second-order valence-corrected chi connectivity index (χ2v) is 5.69. The minimum absolute atomic E-state index is 0.258. The molecule has 1 aromatic carbocycles. The predicted octanol–water partition coefficient (Wildman–Crippen LogP) is 3.99. The fourth-order valence-electron chi connectivity index (χ4n) is 1.69. The van der Waals surface area contributed by atoms with Gasteiger partial charge in [0.2, 0.25) is 0 Å². The minimum Gasteiger partial charge on any atom is -0.322 e. The van der Waals surface area contributed by atoms with E-state index in [2.05, 4.69) is 36.8 Å². The van der Waals surface area contributed by atoms with Gasteiger partial charge in [0, 0.05) is 15.1 Å². The monoisotopic (exact) mass is 372 g/mol. The Kier molecular flexibility index (Phi) is 4.48. The number of nitrogens with two attached hydrogens (primary N) is 1. The average molecular weight is 374 g/mol.